The fraction of sp³-hybridized carbons (Fsp3) is 0.417. The Bertz CT molecular complexity index is 323. The molecule has 0 radical (unpaired) electrons. The maximum absolute atomic E-state index is 10.6. The SMILES string of the molecule is C[C@@H](C(=O)O)[C@@H](O)COCc1ccccc1. The molecule has 0 fully saturated rings. The fourth-order valence-electron chi connectivity index (χ4n) is 1.18. The highest BCUT2D eigenvalue weighted by molar-refractivity contribution is 5.70. The van der Waals surface area contributed by atoms with Crippen LogP contribution in [0.1, 0.15) is 12.5 Å². The van der Waals surface area contributed by atoms with E-state index in [0.29, 0.717) is 6.61 Å². The number of hydrogen-bond acceptors (Lipinski definition) is 3. The molecule has 1 rings (SSSR count). The summed E-state index contributed by atoms with van der Waals surface area (Å²) in [4.78, 5) is 10.6. The average molecular weight is 224 g/mol. The lowest BCUT2D eigenvalue weighted by Crippen LogP contribution is -2.29. The van der Waals surface area contributed by atoms with E-state index in [0.717, 1.165) is 5.56 Å². The summed E-state index contributed by atoms with van der Waals surface area (Å²) in [5.74, 6) is -1.83. The summed E-state index contributed by atoms with van der Waals surface area (Å²) in [6.07, 6.45) is -0.971. The molecule has 0 bridgehead atoms. The van der Waals surface area contributed by atoms with Gasteiger partial charge in [-0.05, 0) is 12.5 Å². The van der Waals surface area contributed by atoms with Gasteiger partial charge in [-0.1, -0.05) is 30.3 Å². The molecule has 0 heterocycles. The van der Waals surface area contributed by atoms with E-state index in [-0.39, 0.29) is 6.61 Å². The van der Waals surface area contributed by atoms with Crippen molar-refractivity contribution >= 4 is 5.97 Å². The molecule has 2 atom stereocenters. The maximum atomic E-state index is 10.6. The molecule has 0 unspecified atom stereocenters. The second-order valence-corrected chi connectivity index (χ2v) is 3.69. The van der Waals surface area contributed by atoms with Crippen LogP contribution in [0.25, 0.3) is 0 Å². The molecular formula is C12H16O4. The molecule has 88 valence electrons. The molecule has 0 spiro atoms. The Balaban J connectivity index is 2.28. The summed E-state index contributed by atoms with van der Waals surface area (Å²) in [5, 5.41) is 18.1. The van der Waals surface area contributed by atoms with Crippen molar-refractivity contribution in [3.05, 3.63) is 35.9 Å². The Morgan fingerprint density at radius 2 is 2.00 bits per heavy atom. The van der Waals surface area contributed by atoms with Crippen LogP contribution in [0, 0.1) is 5.92 Å². The zero-order valence-corrected chi connectivity index (χ0v) is 9.17. The Kier molecular flexibility index (Phi) is 4.95. The second kappa shape index (κ2) is 6.25. The number of ether oxygens (including phenoxy) is 1. The number of aliphatic hydroxyl groups excluding tert-OH is 1. The highest BCUT2D eigenvalue weighted by Gasteiger charge is 2.21. The lowest BCUT2D eigenvalue weighted by molar-refractivity contribution is -0.146. The number of hydrogen-bond donors (Lipinski definition) is 2. The highest BCUT2D eigenvalue weighted by atomic mass is 16.5. The van der Waals surface area contributed by atoms with Crippen LogP contribution in [0.2, 0.25) is 0 Å². The zero-order valence-electron chi connectivity index (χ0n) is 9.17. The first-order valence-corrected chi connectivity index (χ1v) is 5.14. The predicted octanol–water partition coefficient (Wildman–Crippen LogP) is 1.28. The van der Waals surface area contributed by atoms with Crippen LogP contribution in [0.4, 0.5) is 0 Å². The van der Waals surface area contributed by atoms with E-state index >= 15 is 0 Å². The van der Waals surface area contributed by atoms with Crippen LogP contribution in [-0.4, -0.2) is 28.9 Å². The minimum absolute atomic E-state index is 0.0301. The molecule has 2 N–H and O–H groups in total. The highest BCUT2D eigenvalue weighted by Crippen LogP contribution is 2.06. The van der Waals surface area contributed by atoms with Gasteiger partial charge in [-0.25, -0.2) is 0 Å². The third-order valence-corrected chi connectivity index (χ3v) is 2.37. The van der Waals surface area contributed by atoms with E-state index in [1.807, 2.05) is 30.3 Å². The van der Waals surface area contributed by atoms with Crippen LogP contribution in [-0.2, 0) is 16.1 Å². The lowest BCUT2D eigenvalue weighted by Gasteiger charge is -2.14. The molecule has 0 aromatic heterocycles. The number of aliphatic hydroxyl groups is 1. The summed E-state index contributed by atoms with van der Waals surface area (Å²) >= 11 is 0. The van der Waals surface area contributed by atoms with Crippen molar-refractivity contribution in [3.63, 3.8) is 0 Å². The molecule has 0 aliphatic rings. The van der Waals surface area contributed by atoms with E-state index < -0.39 is 18.0 Å². The van der Waals surface area contributed by atoms with E-state index in [1.54, 1.807) is 0 Å². The van der Waals surface area contributed by atoms with Gasteiger partial charge in [0.25, 0.3) is 0 Å². The summed E-state index contributed by atoms with van der Waals surface area (Å²) in [6, 6.07) is 9.52. The van der Waals surface area contributed by atoms with Gasteiger partial charge in [-0.2, -0.15) is 0 Å². The van der Waals surface area contributed by atoms with Gasteiger partial charge in [-0.15, -0.1) is 0 Å². The smallest absolute Gasteiger partial charge is 0.308 e. The molecule has 0 aliphatic carbocycles. The molecule has 4 heteroatoms. The molecule has 0 aliphatic heterocycles. The van der Waals surface area contributed by atoms with Crippen molar-refractivity contribution in [1.29, 1.82) is 0 Å². The van der Waals surface area contributed by atoms with Crippen LogP contribution >= 0.6 is 0 Å². The number of carboxylic acid groups (broad SMARTS) is 1. The van der Waals surface area contributed by atoms with Crippen LogP contribution in [0.15, 0.2) is 30.3 Å². The Labute approximate surface area is 94.5 Å². The van der Waals surface area contributed by atoms with Crippen molar-refractivity contribution in [2.24, 2.45) is 5.92 Å². The number of carboxylic acids is 1. The van der Waals surface area contributed by atoms with Crippen LogP contribution in [0.5, 0.6) is 0 Å². The summed E-state index contributed by atoms with van der Waals surface area (Å²) in [5.41, 5.74) is 0.998. The molecule has 1 aromatic carbocycles. The zero-order chi connectivity index (χ0) is 12.0. The minimum atomic E-state index is -1.02. The third kappa shape index (κ3) is 4.00. The predicted molar refractivity (Wildman–Crippen MR) is 58.9 cm³/mol. The van der Waals surface area contributed by atoms with Gasteiger partial charge in [0.15, 0.2) is 0 Å². The van der Waals surface area contributed by atoms with Gasteiger partial charge in [0.1, 0.15) is 0 Å². The van der Waals surface area contributed by atoms with Crippen molar-refractivity contribution in [2.45, 2.75) is 19.6 Å². The molecule has 0 amide bonds. The standard InChI is InChI=1S/C12H16O4/c1-9(12(14)15)11(13)8-16-7-10-5-3-2-4-6-10/h2-6,9,11,13H,7-8H2,1H3,(H,14,15)/t9-,11+/m1/s1. The Morgan fingerprint density at radius 1 is 1.38 bits per heavy atom. The molecule has 0 saturated carbocycles. The normalized spacial score (nSPS) is 14.4. The molecule has 0 saturated heterocycles. The Hall–Kier alpha value is -1.39. The molecule has 1 aromatic rings. The summed E-state index contributed by atoms with van der Waals surface area (Å²) in [6.45, 7) is 1.87. The first-order chi connectivity index (χ1) is 7.61. The van der Waals surface area contributed by atoms with E-state index in [4.69, 9.17) is 9.84 Å². The first kappa shape index (κ1) is 12.7. The summed E-state index contributed by atoms with van der Waals surface area (Å²) in [7, 11) is 0. The van der Waals surface area contributed by atoms with Gasteiger partial charge in [0, 0.05) is 0 Å². The largest absolute Gasteiger partial charge is 0.481 e. The van der Waals surface area contributed by atoms with Crippen molar-refractivity contribution in [2.75, 3.05) is 6.61 Å². The number of aliphatic carboxylic acids is 1. The summed E-state index contributed by atoms with van der Waals surface area (Å²) < 4.78 is 5.24. The van der Waals surface area contributed by atoms with E-state index in [9.17, 15) is 9.90 Å². The lowest BCUT2D eigenvalue weighted by atomic mass is 10.1. The van der Waals surface area contributed by atoms with E-state index in [1.165, 1.54) is 6.92 Å². The van der Waals surface area contributed by atoms with E-state index in [2.05, 4.69) is 0 Å². The fourth-order valence-corrected chi connectivity index (χ4v) is 1.18. The molecule has 4 nitrogen and oxygen atoms in total. The maximum Gasteiger partial charge on any atom is 0.308 e. The van der Waals surface area contributed by atoms with Gasteiger partial charge in [0.05, 0.1) is 25.2 Å². The monoisotopic (exact) mass is 224 g/mol. The van der Waals surface area contributed by atoms with Gasteiger partial charge < -0.3 is 14.9 Å². The van der Waals surface area contributed by atoms with Crippen molar-refractivity contribution in [3.8, 4) is 0 Å². The molecule has 16 heavy (non-hydrogen) atoms. The van der Waals surface area contributed by atoms with Crippen LogP contribution < -0.4 is 0 Å². The van der Waals surface area contributed by atoms with Crippen molar-refractivity contribution in [1.82, 2.24) is 0 Å². The number of rotatable bonds is 6. The third-order valence-electron chi connectivity index (χ3n) is 2.37. The number of carbonyl (C=O) groups is 1. The quantitative estimate of drug-likeness (QED) is 0.764. The van der Waals surface area contributed by atoms with Crippen LogP contribution in [0.3, 0.4) is 0 Å². The molecular weight excluding hydrogens is 208 g/mol. The van der Waals surface area contributed by atoms with Crippen molar-refractivity contribution < 1.29 is 19.7 Å². The average Bonchev–Trinajstić information content (AvgIpc) is 2.29. The topological polar surface area (TPSA) is 66.8 Å². The first-order valence-electron chi connectivity index (χ1n) is 5.14. The van der Waals surface area contributed by atoms with Gasteiger partial charge in [0.2, 0.25) is 0 Å². The van der Waals surface area contributed by atoms with Gasteiger partial charge >= 0.3 is 5.97 Å². The number of benzene rings is 1. The Morgan fingerprint density at radius 3 is 2.56 bits per heavy atom. The second-order valence-electron chi connectivity index (χ2n) is 3.69. The minimum Gasteiger partial charge on any atom is -0.481 e. The van der Waals surface area contributed by atoms with Gasteiger partial charge in [-0.3, -0.25) is 4.79 Å².